The van der Waals surface area contributed by atoms with Crippen molar-refractivity contribution in [2.24, 2.45) is 0 Å². The van der Waals surface area contributed by atoms with E-state index < -0.39 is 0 Å². The number of nitrogens with two attached hydrogens (primary N) is 1. The predicted molar refractivity (Wildman–Crippen MR) is 83.3 cm³/mol. The van der Waals surface area contributed by atoms with Gasteiger partial charge in [0.1, 0.15) is 11.8 Å². The molecule has 22 heavy (non-hydrogen) atoms. The van der Waals surface area contributed by atoms with Crippen LogP contribution in [0.3, 0.4) is 0 Å². The Morgan fingerprint density at radius 1 is 1.41 bits per heavy atom. The number of phenols is 1. The smallest absolute Gasteiger partial charge is 0.144 e. The summed E-state index contributed by atoms with van der Waals surface area (Å²) in [5.41, 5.74) is 7.49. The van der Waals surface area contributed by atoms with Crippen LogP contribution in [0.15, 0.2) is 36.7 Å². The number of nitrogens with one attached hydrogen (secondary N) is 1. The Bertz CT molecular complexity index is 791. The lowest BCUT2D eigenvalue weighted by Crippen LogP contribution is -2.02. The number of anilines is 1. The van der Waals surface area contributed by atoms with Gasteiger partial charge in [0.25, 0.3) is 0 Å². The SMILES string of the molecule is N#Cc1ccc(N)c(C(=N)/C=C/c2cncc(CO)c2)c1O. The van der Waals surface area contributed by atoms with Crippen LogP contribution in [0.2, 0.25) is 0 Å². The van der Waals surface area contributed by atoms with Crippen molar-refractivity contribution in [3.05, 3.63) is 58.9 Å². The Hall–Kier alpha value is -3.17. The van der Waals surface area contributed by atoms with Gasteiger partial charge in [-0.25, -0.2) is 0 Å². The number of nitrogen functional groups attached to an aromatic ring is 1. The van der Waals surface area contributed by atoms with Gasteiger partial charge in [-0.3, -0.25) is 4.98 Å². The highest BCUT2D eigenvalue weighted by Gasteiger charge is 2.13. The van der Waals surface area contributed by atoms with Crippen LogP contribution >= 0.6 is 0 Å². The molecule has 0 aliphatic rings. The molecule has 6 nitrogen and oxygen atoms in total. The van der Waals surface area contributed by atoms with Crippen LogP contribution in [0.1, 0.15) is 22.3 Å². The Kier molecular flexibility index (Phi) is 4.51. The standard InChI is InChI=1S/C16H14N4O2/c17-6-12-2-4-14(19)15(16(12)22)13(18)3-1-10-5-11(9-21)8-20-7-10/h1-5,7-8,18,21-22H,9,19H2/b3-1+,18-13?. The molecular formula is C16H14N4O2. The van der Waals surface area contributed by atoms with Crippen LogP contribution in [-0.4, -0.2) is 20.9 Å². The third-order valence-electron chi connectivity index (χ3n) is 3.04. The van der Waals surface area contributed by atoms with E-state index in [1.807, 2.05) is 6.07 Å². The number of nitrogens with zero attached hydrogens (tertiary/aromatic N) is 2. The summed E-state index contributed by atoms with van der Waals surface area (Å²) in [5.74, 6) is -0.306. The van der Waals surface area contributed by atoms with Gasteiger partial charge in [0.2, 0.25) is 0 Å². The molecule has 2 aromatic rings. The summed E-state index contributed by atoms with van der Waals surface area (Å²) in [6.45, 7) is -0.121. The maximum Gasteiger partial charge on any atom is 0.144 e. The number of benzene rings is 1. The number of aliphatic hydroxyl groups is 1. The number of aliphatic hydroxyl groups excluding tert-OH is 1. The number of aromatic nitrogens is 1. The Balaban J connectivity index is 2.33. The molecule has 0 fully saturated rings. The molecule has 0 saturated carbocycles. The summed E-state index contributed by atoms with van der Waals surface area (Å²) in [5, 5.41) is 36.0. The van der Waals surface area contributed by atoms with Crippen LogP contribution in [0.4, 0.5) is 5.69 Å². The van der Waals surface area contributed by atoms with Crippen LogP contribution in [0.5, 0.6) is 5.75 Å². The lowest BCUT2D eigenvalue weighted by Gasteiger charge is -2.08. The molecule has 0 aliphatic heterocycles. The number of aromatic hydroxyl groups is 1. The van der Waals surface area contributed by atoms with E-state index in [0.29, 0.717) is 11.1 Å². The van der Waals surface area contributed by atoms with Crippen molar-refractivity contribution >= 4 is 17.5 Å². The minimum Gasteiger partial charge on any atom is -0.506 e. The largest absolute Gasteiger partial charge is 0.506 e. The van der Waals surface area contributed by atoms with E-state index >= 15 is 0 Å². The molecule has 2 rings (SSSR count). The number of hydrogen-bond donors (Lipinski definition) is 4. The quantitative estimate of drug-likeness (QED) is 0.505. The number of pyridine rings is 1. The van der Waals surface area contributed by atoms with Gasteiger partial charge in [0.05, 0.1) is 23.4 Å². The number of rotatable bonds is 4. The molecule has 1 aromatic carbocycles. The van der Waals surface area contributed by atoms with Crippen molar-refractivity contribution in [3.8, 4) is 11.8 Å². The highest BCUT2D eigenvalue weighted by atomic mass is 16.3. The average Bonchev–Trinajstić information content (AvgIpc) is 2.53. The van der Waals surface area contributed by atoms with Gasteiger partial charge in [-0.05, 0) is 35.4 Å². The maximum atomic E-state index is 10.00. The van der Waals surface area contributed by atoms with E-state index in [4.69, 9.17) is 21.5 Å². The highest BCUT2D eigenvalue weighted by molar-refractivity contribution is 6.13. The summed E-state index contributed by atoms with van der Waals surface area (Å²) >= 11 is 0. The molecule has 1 heterocycles. The number of nitriles is 1. The number of allylic oxidation sites excluding steroid dienone is 1. The normalized spacial score (nSPS) is 10.5. The second-order valence-electron chi connectivity index (χ2n) is 4.57. The van der Waals surface area contributed by atoms with Crippen molar-refractivity contribution in [1.29, 1.82) is 10.7 Å². The highest BCUT2D eigenvalue weighted by Crippen LogP contribution is 2.28. The Morgan fingerprint density at radius 3 is 2.86 bits per heavy atom. The first kappa shape index (κ1) is 15.2. The molecule has 1 aromatic heterocycles. The first-order valence-electron chi connectivity index (χ1n) is 6.40. The summed E-state index contributed by atoms with van der Waals surface area (Å²) in [6.07, 6.45) is 6.19. The molecule has 6 heteroatoms. The second-order valence-corrected chi connectivity index (χ2v) is 4.57. The van der Waals surface area contributed by atoms with Crippen molar-refractivity contribution in [3.63, 3.8) is 0 Å². The predicted octanol–water partition coefficient (Wildman–Crippen LogP) is 1.81. The molecule has 110 valence electrons. The molecule has 5 N–H and O–H groups in total. The Labute approximate surface area is 127 Å². The monoisotopic (exact) mass is 294 g/mol. The third-order valence-corrected chi connectivity index (χ3v) is 3.04. The maximum absolute atomic E-state index is 10.00. The fourth-order valence-corrected chi connectivity index (χ4v) is 1.93. The van der Waals surface area contributed by atoms with Crippen LogP contribution < -0.4 is 5.73 Å². The van der Waals surface area contributed by atoms with E-state index in [1.165, 1.54) is 18.2 Å². The zero-order chi connectivity index (χ0) is 16.1. The van der Waals surface area contributed by atoms with Gasteiger partial charge in [-0.2, -0.15) is 5.26 Å². The van der Waals surface area contributed by atoms with Crippen molar-refractivity contribution in [2.75, 3.05) is 5.73 Å². The fourth-order valence-electron chi connectivity index (χ4n) is 1.93. The van der Waals surface area contributed by atoms with E-state index in [2.05, 4.69) is 4.98 Å². The molecular weight excluding hydrogens is 280 g/mol. The fraction of sp³-hybridized carbons (Fsp3) is 0.0625. The van der Waals surface area contributed by atoms with E-state index in [-0.39, 0.29) is 34.9 Å². The van der Waals surface area contributed by atoms with E-state index in [1.54, 1.807) is 24.5 Å². The van der Waals surface area contributed by atoms with Gasteiger partial charge in [-0.1, -0.05) is 6.08 Å². The zero-order valence-electron chi connectivity index (χ0n) is 11.6. The molecule has 0 spiro atoms. The Morgan fingerprint density at radius 2 is 2.18 bits per heavy atom. The van der Waals surface area contributed by atoms with Crippen LogP contribution in [-0.2, 0) is 6.61 Å². The summed E-state index contributed by atoms with van der Waals surface area (Å²) in [7, 11) is 0. The first-order valence-corrected chi connectivity index (χ1v) is 6.40. The number of hydrogen-bond acceptors (Lipinski definition) is 6. The summed E-state index contributed by atoms with van der Waals surface area (Å²) < 4.78 is 0. The average molecular weight is 294 g/mol. The summed E-state index contributed by atoms with van der Waals surface area (Å²) in [6, 6.07) is 6.45. The molecule has 0 radical (unpaired) electrons. The van der Waals surface area contributed by atoms with Crippen molar-refractivity contribution < 1.29 is 10.2 Å². The molecule has 0 amide bonds. The van der Waals surface area contributed by atoms with Gasteiger partial charge in [0, 0.05) is 18.1 Å². The van der Waals surface area contributed by atoms with Gasteiger partial charge in [-0.15, -0.1) is 0 Å². The van der Waals surface area contributed by atoms with Crippen molar-refractivity contribution in [1.82, 2.24) is 4.98 Å². The lowest BCUT2D eigenvalue weighted by molar-refractivity contribution is 0.281. The topological polar surface area (TPSA) is 127 Å². The molecule has 0 unspecified atom stereocenters. The van der Waals surface area contributed by atoms with E-state index in [9.17, 15) is 5.11 Å². The minimum absolute atomic E-state index is 0.0264. The van der Waals surface area contributed by atoms with E-state index in [0.717, 1.165) is 0 Å². The molecule has 0 atom stereocenters. The van der Waals surface area contributed by atoms with Crippen molar-refractivity contribution in [2.45, 2.75) is 6.61 Å². The third kappa shape index (κ3) is 3.11. The molecule has 0 saturated heterocycles. The van der Waals surface area contributed by atoms with Gasteiger partial charge < -0.3 is 21.4 Å². The molecule has 0 aliphatic carbocycles. The first-order chi connectivity index (χ1) is 10.6. The van der Waals surface area contributed by atoms with Gasteiger partial charge in [0.15, 0.2) is 0 Å². The summed E-state index contributed by atoms with van der Waals surface area (Å²) in [4.78, 5) is 3.97. The van der Waals surface area contributed by atoms with Crippen LogP contribution in [0.25, 0.3) is 6.08 Å². The zero-order valence-corrected chi connectivity index (χ0v) is 11.6. The second kappa shape index (κ2) is 6.52. The van der Waals surface area contributed by atoms with Gasteiger partial charge >= 0.3 is 0 Å². The van der Waals surface area contributed by atoms with Crippen LogP contribution in [0, 0.1) is 16.7 Å². The number of phenolic OH excluding ortho intramolecular Hbond substituents is 1. The lowest BCUT2D eigenvalue weighted by atomic mass is 10.0. The minimum atomic E-state index is -0.306. The molecule has 0 bridgehead atoms.